The Morgan fingerprint density at radius 3 is 2.44 bits per heavy atom. The van der Waals surface area contributed by atoms with Crippen LogP contribution in [0, 0.1) is 5.82 Å². The SMILES string of the molecule is COc1ccc(C2(C(=O)N3CCCCC3(C)c3noc(-c4ccc(F)cc4)n3)CC2)cc1. The summed E-state index contributed by atoms with van der Waals surface area (Å²) in [6.07, 6.45) is 4.36. The average Bonchev–Trinajstić information content (AvgIpc) is 3.48. The second-order valence-electron chi connectivity index (χ2n) is 8.93. The van der Waals surface area contributed by atoms with Crippen molar-refractivity contribution in [1.29, 1.82) is 0 Å². The largest absolute Gasteiger partial charge is 0.497 e. The minimum Gasteiger partial charge on any atom is -0.497 e. The molecule has 0 radical (unpaired) electrons. The number of ether oxygens (including phenoxy) is 1. The van der Waals surface area contributed by atoms with E-state index >= 15 is 0 Å². The van der Waals surface area contributed by atoms with E-state index in [4.69, 9.17) is 9.26 Å². The lowest BCUT2D eigenvalue weighted by Gasteiger charge is -2.44. The highest BCUT2D eigenvalue weighted by atomic mass is 19.1. The van der Waals surface area contributed by atoms with E-state index in [2.05, 4.69) is 10.1 Å². The van der Waals surface area contributed by atoms with Crippen LogP contribution in [0.25, 0.3) is 11.5 Å². The van der Waals surface area contributed by atoms with Crippen molar-refractivity contribution >= 4 is 5.91 Å². The molecule has 1 saturated heterocycles. The lowest BCUT2D eigenvalue weighted by molar-refractivity contribution is -0.143. The number of nitrogens with zero attached hydrogens (tertiary/aromatic N) is 3. The van der Waals surface area contributed by atoms with Crippen LogP contribution in [-0.2, 0) is 15.7 Å². The highest BCUT2D eigenvalue weighted by Gasteiger charge is 2.56. The molecule has 7 heteroatoms. The Labute approximate surface area is 186 Å². The molecule has 1 atom stereocenters. The van der Waals surface area contributed by atoms with Gasteiger partial charge in [-0.15, -0.1) is 0 Å². The maximum atomic E-state index is 13.9. The van der Waals surface area contributed by atoms with Gasteiger partial charge < -0.3 is 14.2 Å². The monoisotopic (exact) mass is 435 g/mol. The summed E-state index contributed by atoms with van der Waals surface area (Å²) in [5, 5.41) is 4.25. The Hall–Kier alpha value is -3.22. The van der Waals surface area contributed by atoms with Gasteiger partial charge in [-0.2, -0.15) is 4.98 Å². The molecule has 0 bridgehead atoms. The first kappa shape index (κ1) is 20.7. The maximum absolute atomic E-state index is 13.9. The molecule has 1 unspecified atom stereocenters. The number of methoxy groups -OCH3 is 1. The number of benzene rings is 2. The number of amides is 1. The summed E-state index contributed by atoms with van der Waals surface area (Å²) in [7, 11) is 1.64. The minimum atomic E-state index is -0.654. The van der Waals surface area contributed by atoms with E-state index in [9.17, 15) is 9.18 Å². The number of halogens is 1. The summed E-state index contributed by atoms with van der Waals surface area (Å²) in [5.41, 5.74) is 0.531. The third-order valence-corrected chi connectivity index (χ3v) is 6.94. The third kappa shape index (κ3) is 3.36. The van der Waals surface area contributed by atoms with Crippen molar-refractivity contribution in [3.63, 3.8) is 0 Å². The van der Waals surface area contributed by atoms with Crippen molar-refractivity contribution in [2.75, 3.05) is 13.7 Å². The van der Waals surface area contributed by atoms with Gasteiger partial charge in [-0.1, -0.05) is 17.3 Å². The third-order valence-electron chi connectivity index (χ3n) is 6.94. The molecule has 1 saturated carbocycles. The smallest absolute Gasteiger partial charge is 0.258 e. The molecule has 2 aromatic carbocycles. The Morgan fingerprint density at radius 2 is 1.78 bits per heavy atom. The second kappa shape index (κ2) is 7.73. The van der Waals surface area contributed by atoms with Crippen molar-refractivity contribution < 1.29 is 18.4 Å². The number of carbonyl (C=O) groups excluding carboxylic acids is 1. The van der Waals surface area contributed by atoms with Gasteiger partial charge in [0.15, 0.2) is 5.82 Å². The van der Waals surface area contributed by atoms with Gasteiger partial charge in [-0.25, -0.2) is 4.39 Å². The van der Waals surface area contributed by atoms with Gasteiger partial charge in [0.25, 0.3) is 5.89 Å². The molecular formula is C25H26FN3O3. The summed E-state index contributed by atoms with van der Waals surface area (Å²) < 4.78 is 24.1. The average molecular weight is 435 g/mol. The predicted molar refractivity (Wildman–Crippen MR) is 117 cm³/mol. The molecule has 1 aliphatic carbocycles. The fraction of sp³-hybridized carbons (Fsp3) is 0.400. The molecule has 32 heavy (non-hydrogen) atoms. The number of rotatable bonds is 5. The fourth-order valence-corrected chi connectivity index (χ4v) is 4.75. The van der Waals surface area contributed by atoms with Crippen LogP contribution in [0.1, 0.15) is 50.4 Å². The minimum absolute atomic E-state index is 0.123. The molecule has 5 rings (SSSR count). The van der Waals surface area contributed by atoms with Gasteiger partial charge in [0.1, 0.15) is 17.1 Å². The van der Waals surface area contributed by atoms with Gasteiger partial charge >= 0.3 is 0 Å². The summed E-state index contributed by atoms with van der Waals surface area (Å²) in [6.45, 7) is 2.68. The number of likely N-dealkylation sites (tertiary alicyclic amines) is 1. The van der Waals surface area contributed by atoms with E-state index in [1.54, 1.807) is 19.2 Å². The lowest BCUT2D eigenvalue weighted by atomic mass is 9.84. The maximum Gasteiger partial charge on any atom is 0.258 e. The first-order valence-electron chi connectivity index (χ1n) is 11.0. The topological polar surface area (TPSA) is 68.5 Å². The van der Waals surface area contributed by atoms with E-state index in [1.165, 1.54) is 12.1 Å². The first-order chi connectivity index (χ1) is 15.5. The van der Waals surface area contributed by atoms with E-state index in [1.807, 2.05) is 36.1 Å². The van der Waals surface area contributed by atoms with Crippen molar-refractivity contribution in [3.8, 4) is 17.2 Å². The molecule has 2 fully saturated rings. The molecule has 166 valence electrons. The zero-order valence-corrected chi connectivity index (χ0v) is 18.3. The Balaban J connectivity index is 1.46. The van der Waals surface area contributed by atoms with Crippen molar-refractivity contribution in [2.45, 2.75) is 50.0 Å². The van der Waals surface area contributed by atoms with Crippen LogP contribution in [0.15, 0.2) is 53.1 Å². The normalized spacial score (nSPS) is 21.9. The lowest BCUT2D eigenvalue weighted by Crippen LogP contribution is -2.54. The molecular weight excluding hydrogens is 409 g/mol. The van der Waals surface area contributed by atoms with Crippen LogP contribution < -0.4 is 4.74 Å². The van der Waals surface area contributed by atoms with Crippen molar-refractivity contribution in [2.24, 2.45) is 0 Å². The van der Waals surface area contributed by atoms with Gasteiger partial charge in [-0.3, -0.25) is 4.79 Å². The quantitative estimate of drug-likeness (QED) is 0.573. The van der Waals surface area contributed by atoms with Gasteiger partial charge in [-0.05, 0) is 81.0 Å². The molecule has 0 spiro atoms. The Bertz CT molecular complexity index is 1120. The number of carbonyl (C=O) groups is 1. The van der Waals surface area contributed by atoms with E-state index in [0.29, 0.717) is 23.8 Å². The van der Waals surface area contributed by atoms with E-state index < -0.39 is 11.0 Å². The van der Waals surface area contributed by atoms with E-state index in [-0.39, 0.29) is 11.7 Å². The molecule has 1 aromatic heterocycles. The molecule has 1 aliphatic heterocycles. The van der Waals surface area contributed by atoms with Crippen LogP contribution in [0.5, 0.6) is 5.75 Å². The molecule has 6 nitrogen and oxygen atoms in total. The van der Waals surface area contributed by atoms with Gasteiger partial charge in [0, 0.05) is 12.1 Å². The summed E-state index contributed by atoms with van der Waals surface area (Å²) >= 11 is 0. The summed E-state index contributed by atoms with van der Waals surface area (Å²) in [5.74, 6) is 1.40. The number of hydrogen-bond donors (Lipinski definition) is 0. The molecule has 3 aromatic rings. The first-order valence-corrected chi connectivity index (χ1v) is 11.0. The molecule has 2 heterocycles. The number of aromatic nitrogens is 2. The van der Waals surface area contributed by atoms with Crippen LogP contribution in [0.3, 0.4) is 0 Å². The van der Waals surface area contributed by atoms with Crippen LogP contribution in [0.2, 0.25) is 0 Å². The number of hydrogen-bond acceptors (Lipinski definition) is 5. The van der Waals surface area contributed by atoms with Crippen LogP contribution in [-0.4, -0.2) is 34.6 Å². The predicted octanol–water partition coefficient (Wildman–Crippen LogP) is 4.84. The highest BCUT2D eigenvalue weighted by molar-refractivity contribution is 5.92. The summed E-state index contributed by atoms with van der Waals surface area (Å²) in [6, 6.07) is 13.8. The Morgan fingerprint density at radius 1 is 1.06 bits per heavy atom. The number of piperidine rings is 1. The van der Waals surface area contributed by atoms with Crippen LogP contribution in [0.4, 0.5) is 4.39 Å². The zero-order chi connectivity index (χ0) is 22.3. The van der Waals surface area contributed by atoms with E-state index in [0.717, 1.165) is 43.4 Å². The molecule has 1 amide bonds. The zero-order valence-electron chi connectivity index (χ0n) is 18.3. The highest BCUT2D eigenvalue weighted by Crippen LogP contribution is 2.52. The fourth-order valence-electron chi connectivity index (χ4n) is 4.75. The van der Waals surface area contributed by atoms with Gasteiger partial charge in [0.05, 0.1) is 12.5 Å². The van der Waals surface area contributed by atoms with Crippen LogP contribution >= 0.6 is 0 Å². The van der Waals surface area contributed by atoms with Crippen molar-refractivity contribution in [1.82, 2.24) is 15.0 Å². The summed E-state index contributed by atoms with van der Waals surface area (Å²) in [4.78, 5) is 20.5. The van der Waals surface area contributed by atoms with Crippen molar-refractivity contribution in [3.05, 3.63) is 65.7 Å². The molecule has 2 aliphatic rings. The molecule has 0 N–H and O–H groups in total. The Kier molecular flexibility index (Phi) is 4.99. The standard InChI is InChI=1S/C25H26FN3O3/c1-24(22-27-21(32-28-22)17-5-9-19(26)10-6-17)13-3-4-16-29(24)23(30)25(14-15-25)18-7-11-20(31-2)12-8-18/h5-12H,3-4,13-16H2,1-2H3. The van der Waals surface area contributed by atoms with Gasteiger partial charge in [0.2, 0.25) is 5.91 Å². The second-order valence-corrected chi connectivity index (χ2v) is 8.93.